The first-order valence-electron chi connectivity index (χ1n) is 6.13. The number of hydrogen-bond acceptors (Lipinski definition) is 2. The SMILES string of the molecule is COC(=O)/C(=C\c1ccccc1)c1ccc(C)cc1. The third-order valence-corrected chi connectivity index (χ3v) is 2.88. The van der Waals surface area contributed by atoms with E-state index in [0.29, 0.717) is 5.57 Å². The molecule has 2 aromatic rings. The van der Waals surface area contributed by atoms with E-state index in [0.717, 1.165) is 16.7 Å². The molecule has 2 rings (SSSR count). The number of esters is 1. The van der Waals surface area contributed by atoms with Gasteiger partial charge in [0.25, 0.3) is 0 Å². The van der Waals surface area contributed by atoms with Crippen molar-refractivity contribution < 1.29 is 9.53 Å². The highest BCUT2D eigenvalue weighted by Crippen LogP contribution is 2.20. The Morgan fingerprint density at radius 1 is 1.00 bits per heavy atom. The van der Waals surface area contributed by atoms with E-state index in [2.05, 4.69) is 0 Å². The topological polar surface area (TPSA) is 26.3 Å². The molecule has 2 heteroatoms. The third kappa shape index (κ3) is 3.32. The zero-order valence-electron chi connectivity index (χ0n) is 11.1. The van der Waals surface area contributed by atoms with Gasteiger partial charge in [-0.2, -0.15) is 0 Å². The van der Waals surface area contributed by atoms with E-state index in [4.69, 9.17) is 4.74 Å². The predicted molar refractivity (Wildman–Crippen MR) is 77.5 cm³/mol. The molecule has 0 aliphatic heterocycles. The Hall–Kier alpha value is -2.35. The van der Waals surface area contributed by atoms with Crippen LogP contribution in [0.15, 0.2) is 54.6 Å². The van der Waals surface area contributed by atoms with Gasteiger partial charge >= 0.3 is 5.97 Å². The number of rotatable bonds is 3. The molecule has 2 aromatic carbocycles. The average Bonchev–Trinajstić information content (AvgIpc) is 2.46. The lowest BCUT2D eigenvalue weighted by Crippen LogP contribution is -2.03. The van der Waals surface area contributed by atoms with E-state index in [-0.39, 0.29) is 5.97 Å². The first kappa shape index (κ1) is 13.1. The van der Waals surface area contributed by atoms with Crippen LogP contribution in [0.3, 0.4) is 0 Å². The molecular formula is C17H16O2. The number of ether oxygens (including phenoxy) is 1. The first-order chi connectivity index (χ1) is 9.20. The summed E-state index contributed by atoms with van der Waals surface area (Å²) in [7, 11) is 1.40. The first-order valence-corrected chi connectivity index (χ1v) is 6.13. The zero-order chi connectivity index (χ0) is 13.7. The second-order valence-corrected chi connectivity index (χ2v) is 4.33. The van der Waals surface area contributed by atoms with Gasteiger partial charge in [0, 0.05) is 0 Å². The van der Waals surface area contributed by atoms with Gasteiger partial charge in [0.2, 0.25) is 0 Å². The standard InChI is InChI=1S/C17H16O2/c1-13-8-10-15(11-9-13)16(17(18)19-2)12-14-6-4-3-5-7-14/h3-12H,1-2H3/b16-12-. The van der Waals surface area contributed by atoms with E-state index >= 15 is 0 Å². The van der Waals surface area contributed by atoms with Crippen molar-refractivity contribution in [3.63, 3.8) is 0 Å². The van der Waals surface area contributed by atoms with Gasteiger partial charge < -0.3 is 4.74 Å². The van der Waals surface area contributed by atoms with Crippen molar-refractivity contribution in [1.82, 2.24) is 0 Å². The molecule has 0 aliphatic carbocycles. The minimum atomic E-state index is -0.326. The van der Waals surface area contributed by atoms with Gasteiger partial charge in [-0.3, -0.25) is 0 Å². The van der Waals surface area contributed by atoms with Crippen LogP contribution in [0.4, 0.5) is 0 Å². The molecule has 96 valence electrons. The van der Waals surface area contributed by atoms with Gasteiger partial charge in [0.05, 0.1) is 12.7 Å². The lowest BCUT2D eigenvalue weighted by Gasteiger charge is -2.06. The van der Waals surface area contributed by atoms with Crippen LogP contribution in [0.25, 0.3) is 11.6 Å². The fraction of sp³-hybridized carbons (Fsp3) is 0.118. The molecule has 0 fully saturated rings. The van der Waals surface area contributed by atoms with Gasteiger partial charge in [0.15, 0.2) is 0 Å². The van der Waals surface area contributed by atoms with Gasteiger partial charge in [-0.05, 0) is 24.1 Å². The lowest BCUT2D eigenvalue weighted by molar-refractivity contribution is -0.133. The van der Waals surface area contributed by atoms with Crippen LogP contribution in [0.5, 0.6) is 0 Å². The summed E-state index contributed by atoms with van der Waals surface area (Å²) in [6, 6.07) is 17.6. The van der Waals surface area contributed by atoms with Crippen LogP contribution in [-0.4, -0.2) is 13.1 Å². The molecular weight excluding hydrogens is 236 g/mol. The molecule has 2 nitrogen and oxygen atoms in total. The number of hydrogen-bond donors (Lipinski definition) is 0. The summed E-state index contributed by atoms with van der Waals surface area (Å²) in [5.74, 6) is -0.326. The summed E-state index contributed by atoms with van der Waals surface area (Å²) in [6.07, 6.45) is 1.84. The van der Waals surface area contributed by atoms with E-state index in [9.17, 15) is 4.79 Å². The van der Waals surface area contributed by atoms with Crippen LogP contribution in [0.2, 0.25) is 0 Å². The second-order valence-electron chi connectivity index (χ2n) is 4.33. The van der Waals surface area contributed by atoms with E-state index in [1.165, 1.54) is 7.11 Å². The molecule has 0 radical (unpaired) electrons. The summed E-state index contributed by atoms with van der Waals surface area (Å²) < 4.78 is 4.86. The third-order valence-electron chi connectivity index (χ3n) is 2.88. The number of benzene rings is 2. The van der Waals surface area contributed by atoms with Crippen molar-refractivity contribution in [3.8, 4) is 0 Å². The summed E-state index contributed by atoms with van der Waals surface area (Å²) >= 11 is 0. The van der Waals surface area contributed by atoms with Crippen LogP contribution in [0.1, 0.15) is 16.7 Å². The van der Waals surface area contributed by atoms with Gasteiger partial charge in [-0.15, -0.1) is 0 Å². The molecule has 0 amide bonds. The van der Waals surface area contributed by atoms with Crippen molar-refractivity contribution in [2.75, 3.05) is 7.11 Å². The Morgan fingerprint density at radius 2 is 1.63 bits per heavy atom. The Bertz CT molecular complexity index is 580. The van der Waals surface area contributed by atoms with Crippen LogP contribution < -0.4 is 0 Å². The highest BCUT2D eigenvalue weighted by Gasteiger charge is 2.12. The largest absolute Gasteiger partial charge is 0.465 e. The normalized spacial score (nSPS) is 11.2. The fourth-order valence-electron chi connectivity index (χ4n) is 1.82. The minimum absolute atomic E-state index is 0.326. The summed E-state index contributed by atoms with van der Waals surface area (Å²) in [6.45, 7) is 2.02. The molecule has 0 N–H and O–H groups in total. The quantitative estimate of drug-likeness (QED) is 0.473. The maximum absolute atomic E-state index is 11.9. The number of aryl methyl sites for hydroxylation is 1. The number of methoxy groups -OCH3 is 1. The molecule has 0 bridgehead atoms. The van der Waals surface area contributed by atoms with E-state index in [1.54, 1.807) is 0 Å². The van der Waals surface area contributed by atoms with E-state index in [1.807, 2.05) is 67.6 Å². The van der Waals surface area contributed by atoms with E-state index < -0.39 is 0 Å². The molecule has 0 saturated carbocycles. The maximum atomic E-state index is 11.9. The van der Waals surface area contributed by atoms with Crippen molar-refractivity contribution in [3.05, 3.63) is 71.3 Å². The monoisotopic (exact) mass is 252 g/mol. The van der Waals surface area contributed by atoms with Gasteiger partial charge in [-0.1, -0.05) is 60.2 Å². The van der Waals surface area contributed by atoms with Crippen molar-refractivity contribution >= 4 is 17.6 Å². The fourth-order valence-corrected chi connectivity index (χ4v) is 1.82. The van der Waals surface area contributed by atoms with Gasteiger partial charge in [0.1, 0.15) is 0 Å². The molecule has 0 saturated heterocycles. The molecule has 0 unspecified atom stereocenters. The van der Waals surface area contributed by atoms with Crippen LogP contribution in [-0.2, 0) is 9.53 Å². The molecule has 0 aromatic heterocycles. The number of carbonyl (C=O) groups excluding carboxylic acids is 1. The molecule has 0 heterocycles. The van der Waals surface area contributed by atoms with Crippen molar-refractivity contribution in [2.24, 2.45) is 0 Å². The number of carbonyl (C=O) groups is 1. The van der Waals surface area contributed by atoms with Crippen LogP contribution in [0, 0.1) is 6.92 Å². The smallest absolute Gasteiger partial charge is 0.338 e. The Labute approximate surface area is 113 Å². The average molecular weight is 252 g/mol. The Kier molecular flexibility index (Phi) is 4.14. The summed E-state index contributed by atoms with van der Waals surface area (Å²) in [5, 5.41) is 0. The highest BCUT2D eigenvalue weighted by molar-refractivity contribution is 6.21. The molecule has 0 spiro atoms. The zero-order valence-corrected chi connectivity index (χ0v) is 11.1. The Morgan fingerprint density at radius 3 is 2.21 bits per heavy atom. The summed E-state index contributed by atoms with van der Waals surface area (Å²) in [5.41, 5.74) is 3.56. The van der Waals surface area contributed by atoms with Crippen molar-refractivity contribution in [1.29, 1.82) is 0 Å². The highest BCUT2D eigenvalue weighted by atomic mass is 16.5. The summed E-state index contributed by atoms with van der Waals surface area (Å²) in [4.78, 5) is 11.9. The van der Waals surface area contributed by atoms with Crippen molar-refractivity contribution in [2.45, 2.75) is 6.92 Å². The molecule has 0 aliphatic rings. The Balaban J connectivity index is 2.45. The second kappa shape index (κ2) is 6.01. The molecule has 0 atom stereocenters. The predicted octanol–water partition coefficient (Wildman–Crippen LogP) is 3.71. The van der Waals surface area contributed by atoms with Gasteiger partial charge in [-0.25, -0.2) is 4.79 Å². The van der Waals surface area contributed by atoms with Crippen LogP contribution >= 0.6 is 0 Å². The minimum Gasteiger partial charge on any atom is -0.465 e. The molecule has 19 heavy (non-hydrogen) atoms. The lowest BCUT2D eigenvalue weighted by atomic mass is 10.0. The maximum Gasteiger partial charge on any atom is 0.338 e.